The van der Waals surface area contributed by atoms with Crippen molar-refractivity contribution >= 4 is 40.4 Å². The largest absolute Gasteiger partial charge is 0.347 e. The number of hydrogen-bond acceptors (Lipinski definition) is 2. The second-order valence-electron chi connectivity index (χ2n) is 3.16. The molecule has 0 bridgehead atoms. The van der Waals surface area contributed by atoms with Gasteiger partial charge in [0, 0.05) is 6.54 Å². The maximum atomic E-state index is 11.6. The fourth-order valence-electron chi connectivity index (χ4n) is 1.20. The Hall–Kier alpha value is -0.970. The predicted molar refractivity (Wildman–Crippen MR) is 66.3 cm³/mol. The van der Waals surface area contributed by atoms with Crippen molar-refractivity contribution in [3.05, 3.63) is 44.3 Å². The summed E-state index contributed by atoms with van der Waals surface area (Å²) in [5.41, 5.74) is 1.44. The van der Waals surface area contributed by atoms with Gasteiger partial charge in [0.25, 0.3) is 5.91 Å². The lowest BCUT2D eigenvalue weighted by Gasteiger charge is -2.01. The molecule has 2 N–H and O–H groups in total. The van der Waals surface area contributed by atoms with E-state index >= 15 is 0 Å². The number of nitrogens with one attached hydrogen (secondary N) is 2. The molecule has 2 rings (SSSR count). The van der Waals surface area contributed by atoms with Crippen LogP contribution in [-0.4, -0.2) is 10.9 Å². The van der Waals surface area contributed by atoms with E-state index in [1.807, 2.05) is 16.8 Å². The summed E-state index contributed by atoms with van der Waals surface area (Å²) in [4.78, 5) is 14.3. The molecule has 0 aromatic carbocycles. The zero-order valence-electron chi connectivity index (χ0n) is 8.09. The van der Waals surface area contributed by atoms with Crippen LogP contribution in [0.2, 0.25) is 10.2 Å². The average Bonchev–Trinajstić information content (AvgIpc) is 2.86. The molecule has 3 nitrogen and oxygen atoms in total. The average molecular weight is 275 g/mol. The van der Waals surface area contributed by atoms with Crippen molar-refractivity contribution in [3.63, 3.8) is 0 Å². The summed E-state index contributed by atoms with van der Waals surface area (Å²) in [6.07, 6.45) is 0. The Balaban J connectivity index is 1.98. The fraction of sp³-hybridized carbons (Fsp3) is 0.100. The lowest BCUT2D eigenvalue weighted by atomic mass is 10.3. The van der Waals surface area contributed by atoms with E-state index in [1.165, 1.54) is 6.07 Å². The first-order valence-electron chi connectivity index (χ1n) is 4.50. The van der Waals surface area contributed by atoms with Gasteiger partial charge in [-0.15, -0.1) is 0 Å². The first-order valence-corrected chi connectivity index (χ1v) is 6.20. The van der Waals surface area contributed by atoms with Gasteiger partial charge in [0.15, 0.2) is 0 Å². The minimum absolute atomic E-state index is 0.222. The Morgan fingerprint density at radius 3 is 2.88 bits per heavy atom. The molecule has 0 aliphatic rings. The number of carbonyl (C=O) groups is 1. The molecule has 0 radical (unpaired) electrons. The van der Waals surface area contributed by atoms with Crippen LogP contribution in [0.25, 0.3) is 0 Å². The third-order valence-electron chi connectivity index (χ3n) is 2.00. The van der Waals surface area contributed by atoms with E-state index in [2.05, 4.69) is 10.3 Å². The smallest absolute Gasteiger partial charge is 0.268 e. The first kappa shape index (κ1) is 11.5. The van der Waals surface area contributed by atoms with Crippen LogP contribution in [-0.2, 0) is 6.54 Å². The number of carbonyl (C=O) groups excluding carboxylic acids is 1. The van der Waals surface area contributed by atoms with Crippen LogP contribution < -0.4 is 5.32 Å². The number of aromatic nitrogens is 1. The molecule has 0 fully saturated rings. The van der Waals surface area contributed by atoms with Crippen LogP contribution >= 0.6 is 34.5 Å². The molecular formula is C10H8Cl2N2OS. The molecule has 6 heteroatoms. The van der Waals surface area contributed by atoms with Gasteiger partial charge >= 0.3 is 0 Å². The molecule has 84 valence electrons. The van der Waals surface area contributed by atoms with Gasteiger partial charge in [0.2, 0.25) is 0 Å². The van der Waals surface area contributed by atoms with Crippen molar-refractivity contribution in [2.75, 3.05) is 0 Å². The highest BCUT2D eigenvalue weighted by Crippen LogP contribution is 2.21. The summed E-state index contributed by atoms with van der Waals surface area (Å²) in [7, 11) is 0. The molecule has 0 saturated carbocycles. The molecule has 0 spiro atoms. The number of thiophene rings is 1. The van der Waals surface area contributed by atoms with Crippen LogP contribution in [0.1, 0.15) is 16.1 Å². The molecule has 0 aliphatic heterocycles. The molecule has 16 heavy (non-hydrogen) atoms. The van der Waals surface area contributed by atoms with Crippen LogP contribution in [0.3, 0.4) is 0 Å². The number of aromatic amines is 1. The van der Waals surface area contributed by atoms with Crippen LogP contribution in [0.15, 0.2) is 22.9 Å². The molecule has 2 aromatic heterocycles. The highest BCUT2D eigenvalue weighted by Gasteiger charge is 2.10. The second-order valence-corrected chi connectivity index (χ2v) is 4.72. The highest BCUT2D eigenvalue weighted by molar-refractivity contribution is 7.07. The van der Waals surface area contributed by atoms with Gasteiger partial charge in [0.1, 0.15) is 10.8 Å². The number of amides is 1. The van der Waals surface area contributed by atoms with Crippen molar-refractivity contribution in [3.8, 4) is 0 Å². The van der Waals surface area contributed by atoms with E-state index in [0.717, 1.165) is 5.56 Å². The summed E-state index contributed by atoms with van der Waals surface area (Å²) in [6, 6.07) is 3.46. The number of halogens is 2. The van der Waals surface area contributed by atoms with E-state index in [0.29, 0.717) is 17.3 Å². The zero-order chi connectivity index (χ0) is 11.5. The van der Waals surface area contributed by atoms with Crippen LogP contribution in [0.4, 0.5) is 0 Å². The topological polar surface area (TPSA) is 44.9 Å². The lowest BCUT2D eigenvalue weighted by molar-refractivity contribution is 0.0946. The minimum Gasteiger partial charge on any atom is -0.347 e. The van der Waals surface area contributed by atoms with Crippen molar-refractivity contribution in [1.29, 1.82) is 0 Å². The minimum atomic E-state index is -0.222. The molecule has 2 aromatic rings. The Bertz CT molecular complexity index is 473. The summed E-state index contributed by atoms with van der Waals surface area (Å²) in [5.74, 6) is -0.222. The van der Waals surface area contributed by atoms with Crippen molar-refractivity contribution in [1.82, 2.24) is 10.3 Å². The predicted octanol–water partition coefficient (Wildman–Crippen LogP) is 3.31. The van der Waals surface area contributed by atoms with E-state index in [9.17, 15) is 4.79 Å². The van der Waals surface area contributed by atoms with E-state index in [4.69, 9.17) is 23.2 Å². The first-order chi connectivity index (χ1) is 7.66. The summed E-state index contributed by atoms with van der Waals surface area (Å²) in [5, 5.41) is 7.33. The van der Waals surface area contributed by atoms with E-state index < -0.39 is 0 Å². The lowest BCUT2D eigenvalue weighted by Crippen LogP contribution is -2.22. The van der Waals surface area contributed by atoms with Crippen molar-refractivity contribution < 1.29 is 4.79 Å². The zero-order valence-corrected chi connectivity index (χ0v) is 10.4. The fourth-order valence-corrected chi connectivity index (χ4v) is 2.18. The van der Waals surface area contributed by atoms with Gasteiger partial charge in [-0.05, 0) is 28.5 Å². The summed E-state index contributed by atoms with van der Waals surface area (Å²) < 4.78 is 0. The Labute approximate surface area is 106 Å². The number of rotatable bonds is 3. The molecule has 0 unspecified atom stereocenters. The quantitative estimate of drug-likeness (QED) is 0.886. The van der Waals surface area contributed by atoms with Crippen molar-refractivity contribution in [2.24, 2.45) is 0 Å². The Kier molecular flexibility index (Phi) is 3.53. The molecule has 2 heterocycles. The van der Waals surface area contributed by atoms with Gasteiger partial charge in [-0.3, -0.25) is 4.79 Å². The molecule has 0 saturated heterocycles. The van der Waals surface area contributed by atoms with E-state index in [1.54, 1.807) is 11.3 Å². The van der Waals surface area contributed by atoms with Crippen LogP contribution in [0, 0.1) is 0 Å². The second kappa shape index (κ2) is 4.91. The maximum Gasteiger partial charge on any atom is 0.268 e. The Morgan fingerprint density at radius 1 is 1.50 bits per heavy atom. The molecule has 1 amide bonds. The molecular weight excluding hydrogens is 267 g/mol. The Morgan fingerprint density at radius 2 is 2.31 bits per heavy atom. The van der Waals surface area contributed by atoms with Gasteiger partial charge < -0.3 is 10.3 Å². The van der Waals surface area contributed by atoms with Gasteiger partial charge in [-0.2, -0.15) is 11.3 Å². The number of hydrogen-bond donors (Lipinski definition) is 2. The van der Waals surface area contributed by atoms with Crippen LogP contribution in [0.5, 0.6) is 0 Å². The number of H-pyrrole nitrogens is 1. The van der Waals surface area contributed by atoms with Crippen molar-refractivity contribution in [2.45, 2.75) is 6.54 Å². The normalized spacial score (nSPS) is 10.4. The van der Waals surface area contributed by atoms with Gasteiger partial charge in [-0.1, -0.05) is 23.2 Å². The van der Waals surface area contributed by atoms with E-state index in [-0.39, 0.29) is 11.1 Å². The third-order valence-corrected chi connectivity index (χ3v) is 3.43. The standard InChI is InChI=1S/C10H8Cl2N2OS/c11-7-3-8(14-9(7)12)10(15)13-4-6-1-2-16-5-6/h1-3,5,14H,4H2,(H,13,15). The summed E-state index contributed by atoms with van der Waals surface area (Å²) in [6.45, 7) is 0.497. The van der Waals surface area contributed by atoms with Gasteiger partial charge in [-0.25, -0.2) is 0 Å². The molecule has 0 aliphatic carbocycles. The monoisotopic (exact) mass is 274 g/mol. The SMILES string of the molecule is O=C(NCc1ccsc1)c1cc(Cl)c(Cl)[nH]1. The third kappa shape index (κ3) is 2.58. The highest BCUT2D eigenvalue weighted by atomic mass is 35.5. The summed E-state index contributed by atoms with van der Waals surface area (Å²) >= 11 is 13.0. The molecule has 0 atom stereocenters. The van der Waals surface area contributed by atoms with Gasteiger partial charge in [0.05, 0.1) is 5.02 Å². The maximum absolute atomic E-state index is 11.6.